The Morgan fingerprint density at radius 3 is 2.44 bits per heavy atom. The van der Waals surface area contributed by atoms with Crippen LogP contribution < -0.4 is 5.32 Å². The molecule has 0 atom stereocenters. The van der Waals surface area contributed by atoms with Crippen molar-refractivity contribution in [3.8, 4) is 0 Å². The second kappa shape index (κ2) is 7.26. The van der Waals surface area contributed by atoms with Crippen molar-refractivity contribution in [3.63, 3.8) is 0 Å². The van der Waals surface area contributed by atoms with Crippen LogP contribution in [-0.4, -0.2) is 36.9 Å². The lowest BCUT2D eigenvalue weighted by atomic mass is 10.0. The van der Waals surface area contributed by atoms with Gasteiger partial charge in [-0.2, -0.15) is 0 Å². The lowest BCUT2D eigenvalue weighted by molar-refractivity contribution is 0.358. The number of hydrogen-bond acceptors (Lipinski definition) is 2. The Balaban J connectivity index is 1.89. The van der Waals surface area contributed by atoms with Crippen LogP contribution in [0.5, 0.6) is 0 Å². The molecule has 1 N–H and O–H groups in total. The molecular weight excluding hydrogens is 330 g/mol. The van der Waals surface area contributed by atoms with Crippen LogP contribution in [0.15, 0.2) is 71.7 Å². The number of nitrogens with one attached hydrogen (secondary N) is 1. The highest BCUT2D eigenvalue weighted by Crippen LogP contribution is 2.27. The molecule has 126 valence electrons. The molecule has 0 bridgehead atoms. The highest BCUT2D eigenvalue weighted by atomic mass is 35.5. The Kier molecular flexibility index (Phi) is 4.68. The number of benzene rings is 3. The van der Waals surface area contributed by atoms with Crippen LogP contribution in [0.2, 0.25) is 5.02 Å². The molecule has 0 amide bonds. The van der Waals surface area contributed by atoms with E-state index in [4.69, 9.17) is 16.6 Å². The van der Waals surface area contributed by atoms with Crippen molar-refractivity contribution in [1.82, 2.24) is 10.2 Å². The quantitative estimate of drug-likeness (QED) is 0.545. The number of aliphatic imine (C=N–C) groups is 1. The first-order valence-electron chi connectivity index (χ1n) is 8.60. The highest BCUT2D eigenvalue weighted by Gasteiger charge is 2.18. The third kappa shape index (κ3) is 3.39. The molecular formula is C21H20ClN3. The molecule has 0 unspecified atom stereocenters. The van der Waals surface area contributed by atoms with Gasteiger partial charge in [-0.15, -0.1) is 0 Å². The summed E-state index contributed by atoms with van der Waals surface area (Å²) in [5.41, 5.74) is 1.96. The summed E-state index contributed by atoms with van der Waals surface area (Å²) in [4.78, 5) is 7.33. The van der Waals surface area contributed by atoms with Crippen molar-refractivity contribution in [2.45, 2.75) is 0 Å². The molecule has 3 aromatic rings. The van der Waals surface area contributed by atoms with Gasteiger partial charge in [-0.25, -0.2) is 4.99 Å². The van der Waals surface area contributed by atoms with Crippen molar-refractivity contribution in [1.29, 1.82) is 0 Å². The summed E-state index contributed by atoms with van der Waals surface area (Å²) in [7, 11) is 0. The van der Waals surface area contributed by atoms with Crippen molar-refractivity contribution >= 4 is 33.9 Å². The van der Waals surface area contributed by atoms with Crippen LogP contribution in [0.25, 0.3) is 10.8 Å². The van der Waals surface area contributed by atoms with Gasteiger partial charge in [0, 0.05) is 31.7 Å². The second-order valence-electron chi connectivity index (χ2n) is 6.15. The summed E-state index contributed by atoms with van der Waals surface area (Å²) in [6.45, 7) is 3.80. The van der Waals surface area contributed by atoms with Gasteiger partial charge in [0.15, 0.2) is 0 Å². The third-order valence-corrected chi connectivity index (χ3v) is 4.85. The van der Waals surface area contributed by atoms with Crippen LogP contribution in [0.4, 0.5) is 5.69 Å². The molecule has 4 heteroatoms. The maximum atomic E-state index is 6.37. The van der Waals surface area contributed by atoms with Gasteiger partial charge in [-0.3, -0.25) is 0 Å². The largest absolute Gasteiger partial charge is 0.354 e. The standard InChI is InChI=1S/C21H20ClN3/c22-19-10-3-4-11-20(19)24-21(25-14-12-23-13-15-25)18-9-5-7-16-6-1-2-8-17(16)18/h1-11,23H,12-15H2. The topological polar surface area (TPSA) is 27.6 Å². The normalized spacial score (nSPS) is 15.6. The molecule has 3 aromatic carbocycles. The maximum Gasteiger partial charge on any atom is 0.137 e. The van der Waals surface area contributed by atoms with Crippen molar-refractivity contribution in [2.24, 2.45) is 4.99 Å². The lowest BCUT2D eigenvalue weighted by Gasteiger charge is -2.31. The summed E-state index contributed by atoms with van der Waals surface area (Å²) in [6.07, 6.45) is 0. The highest BCUT2D eigenvalue weighted by molar-refractivity contribution is 6.33. The van der Waals surface area contributed by atoms with Gasteiger partial charge in [0.2, 0.25) is 0 Å². The summed E-state index contributed by atoms with van der Waals surface area (Å²) in [5, 5.41) is 6.53. The van der Waals surface area contributed by atoms with Crippen LogP contribution in [0, 0.1) is 0 Å². The molecule has 0 saturated carbocycles. The zero-order chi connectivity index (χ0) is 17.1. The third-order valence-electron chi connectivity index (χ3n) is 4.53. The first kappa shape index (κ1) is 16.1. The number of rotatable bonds is 2. The maximum absolute atomic E-state index is 6.37. The molecule has 1 heterocycles. The first-order valence-corrected chi connectivity index (χ1v) is 8.98. The Morgan fingerprint density at radius 1 is 0.880 bits per heavy atom. The van der Waals surface area contributed by atoms with E-state index in [1.54, 1.807) is 0 Å². The van der Waals surface area contributed by atoms with Gasteiger partial charge < -0.3 is 10.2 Å². The number of piperazine rings is 1. The Hall–Kier alpha value is -2.36. The summed E-state index contributed by atoms with van der Waals surface area (Å²) in [6, 6.07) is 22.6. The van der Waals surface area contributed by atoms with E-state index in [-0.39, 0.29) is 0 Å². The first-order chi connectivity index (χ1) is 12.3. The van der Waals surface area contributed by atoms with Crippen molar-refractivity contribution in [3.05, 3.63) is 77.3 Å². The molecule has 4 rings (SSSR count). The second-order valence-corrected chi connectivity index (χ2v) is 6.56. The Bertz CT molecular complexity index is 908. The summed E-state index contributed by atoms with van der Waals surface area (Å²) >= 11 is 6.37. The molecule has 0 spiro atoms. The number of para-hydroxylation sites is 1. The fourth-order valence-electron chi connectivity index (χ4n) is 3.25. The van der Waals surface area contributed by atoms with Gasteiger partial charge >= 0.3 is 0 Å². The summed E-state index contributed by atoms with van der Waals surface area (Å²) in [5.74, 6) is 0.992. The molecule has 1 fully saturated rings. The number of halogens is 1. The minimum atomic E-state index is 0.676. The minimum absolute atomic E-state index is 0.676. The van der Waals surface area contributed by atoms with Crippen LogP contribution >= 0.6 is 11.6 Å². The lowest BCUT2D eigenvalue weighted by Crippen LogP contribution is -2.46. The summed E-state index contributed by atoms with van der Waals surface area (Å²) < 4.78 is 0. The average molecular weight is 350 g/mol. The zero-order valence-corrected chi connectivity index (χ0v) is 14.7. The van der Waals surface area contributed by atoms with E-state index in [9.17, 15) is 0 Å². The predicted octanol–water partition coefficient (Wildman–Crippen LogP) is 4.48. The molecule has 0 aromatic heterocycles. The Labute approximate surface area is 152 Å². The predicted molar refractivity (Wildman–Crippen MR) is 106 cm³/mol. The van der Waals surface area contributed by atoms with E-state index in [1.807, 2.05) is 24.3 Å². The van der Waals surface area contributed by atoms with E-state index in [2.05, 4.69) is 52.7 Å². The van der Waals surface area contributed by atoms with Gasteiger partial charge in [0.25, 0.3) is 0 Å². The molecule has 1 saturated heterocycles. The van der Waals surface area contributed by atoms with E-state index in [0.717, 1.165) is 43.3 Å². The molecule has 1 aliphatic heterocycles. The van der Waals surface area contributed by atoms with E-state index >= 15 is 0 Å². The molecule has 3 nitrogen and oxygen atoms in total. The number of nitrogens with zero attached hydrogens (tertiary/aromatic N) is 2. The number of fused-ring (bicyclic) bond motifs is 1. The van der Waals surface area contributed by atoms with E-state index in [0.29, 0.717) is 5.02 Å². The van der Waals surface area contributed by atoms with Crippen LogP contribution in [0.3, 0.4) is 0 Å². The van der Waals surface area contributed by atoms with Crippen LogP contribution in [-0.2, 0) is 0 Å². The minimum Gasteiger partial charge on any atom is -0.354 e. The number of hydrogen-bond donors (Lipinski definition) is 1. The monoisotopic (exact) mass is 349 g/mol. The number of amidine groups is 1. The Morgan fingerprint density at radius 2 is 1.60 bits per heavy atom. The van der Waals surface area contributed by atoms with Gasteiger partial charge in [0.1, 0.15) is 5.84 Å². The average Bonchev–Trinajstić information content (AvgIpc) is 2.68. The van der Waals surface area contributed by atoms with Gasteiger partial charge in [-0.05, 0) is 22.9 Å². The smallest absolute Gasteiger partial charge is 0.137 e. The molecule has 0 radical (unpaired) electrons. The zero-order valence-electron chi connectivity index (χ0n) is 14.0. The van der Waals surface area contributed by atoms with E-state index in [1.165, 1.54) is 10.8 Å². The molecule has 1 aliphatic rings. The van der Waals surface area contributed by atoms with E-state index < -0.39 is 0 Å². The van der Waals surface area contributed by atoms with Gasteiger partial charge in [-0.1, -0.05) is 66.2 Å². The van der Waals surface area contributed by atoms with Gasteiger partial charge in [0.05, 0.1) is 10.7 Å². The molecule has 25 heavy (non-hydrogen) atoms. The van der Waals surface area contributed by atoms with Crippen molar-refractivity contribution in [2.75, 3.05) is 26.2 Å². The molecule has 0 aliphatic carbocycles. The van der Waals surface area contributed by atoms with Crippen molar-refractivity contribution < 1.29 is 0 Å². The fraction of sp³-hybridized carbons (Fsp3) is 0.190. The fourth-order valence-corrected chi connectivity index (χ4v) is 3.43. The van der Waals surface area contributed by atoms with Crippen LogP contribution in [0.1, 0.15) is 5.56 Å². The SMILES string of the molecule is Clc1ccccc1N=C(c1cccc2ccccc12)N1CCNCC1.